The molecular formula is C24H28F3N5O13P2. The van der Waals surface area contributed by atoms with Crippen molar-refractivity contribution in [1.82, 2.24) is 19.5 Å². The Bertz CT molecular complexity index is 1820. The number of rotatable bonds is 11. The van der Waals surface area contributed by atoms with E-state index in [9.17, 15) is 52.2 Å². The first kappa shape index (κ1) is 34.9. The SMILES string of the molecule is COc1c(C)c2c(c(O)c1CCOP(=O)(O)CP(=O)(O)OC[C@H]1O[C@@H](n3cnc4c(N)nc(C(F)(F)F)nc43)[C@H](O)[C@@H]1O)C(=O)OC2. The minimum Gasteiger partial charge on any atom is -0.507 e. The number of anilines is 1. The molecule has 4 heterocycles. The normalized spacial score (nSPS) is 23.8. The first-order chi connectivity index (χ1) is 21.8. The van der Waals surface area contributed by atoms with Crippen LogP contribution in [0.15, 0.2) is 6.33 Å². The first-order valence-corrected chi connectivity index (χ1v) is 17.0. The fraction of sp³-hybridized carbons (Fsp3) is 0.500. The number of carbonyl (C=O) groups is 1. The Balaban J connectivity index is 1.22. The number of cyclic esters (lactones) is 1. The van der Waals surface area contributed by atoms with E-state index in [1.165, 1.54) is 7.11 Å². The molecule has 7 N–H and O–H groups in total. The number of hydrogen-bond acceptors (Lipinski definition) is 15. The Labute approximate surface area is 261 Å². The molecule has 0 bridgehead atoms. The molecule has 0 aliphatic carbocycles. The number of nitrogens with zero attached hydrogens (tertiary/aromatic N) is 4. The number of aromatic nitrogens is 4. The van der Waals surface area contributed by atoms with Crippen molar-refractivity contribution in [2.24, 2.45) is 0 Å². The minimum atomic E-state index is -4.98. The highest BCUT2D eigenvalue weighted by Gasteiger charge is 2.46. The molecule has 1 aromatic carbocycles. The number of esters is 1. The van der Waals surface area contributed by atoms with E-state index in [2.05, 4.69) is 15.0 Å². The van der Waals surface area contributed by atoms with Crippen LogP contribution in [0.2, 0.25) is 0 Å². The van der Waals surface area contributed by atoms with Crippen LogP contribution in [-0.4, -0.2) is 95.1 Å². The van der Waals surface area contributed by atoms with Crippen LogP contribution < -0.4 is 10.5 Å². The maximum atomic E-state index is 13.2. The minimum absolute atomic E-state index is 0.0703. The summed E-state index contributed by atoms with van der Waals surface area (Å²) >= 11 is 0. The van der Waals surface area contributed by atoms with Crippen LogP contribution in [0.1, 0.15) is 39.1 Å². The molecule has 47 heavy (non-hydrogen) atoms. The van der Waals surface area contributed by atoms with Gasteiger partial charge < -0.3 is 54.1 Å². The predicted octanol–water partition coefficient (Wildman–Crippen LogP) is 1.34. The number of fused-ring (bicyclic) bond motifs is 2. The standard InChI is InChI=1S/C24H28F3N5O13P2/c1-9-11-5-42-22(36)13(11)15(33)10(18(9)41-2)3-4-43-46(37,38)8-47(39,40)44-6-12-16(34)17(35)21(45-12)32-7-29-14-19(28)30-23(24(25,26)27)31-20(14)32/h7,12,16-17,21,33-35H,3-6,8H2,1-2H3,(H,37,38)(H,39,40)(H2,28,30,31)/t12-,16-,17-,21-/m1/s1. The summed E-state index contributed by atoms with van der Waals surface area (Å²) in [5, 5.41) is 31.7. The number of imidazole rings is 1. The third-order valence-corrected chi connectivity index (χ3v) is 11.4. The van der Waals surface area contributed by atoms with Crippen molar-refractivity contribution >= 4 is 38.1 Å². The average molecular weight is 713 g/mol. The maximum Gasteiger partial charge on any atom is 0.451 e. The number of halogens is 3. The lowest BCUT2D eigenvalue weighted by Crippen LogP contribution is -2.33. The highest BCUT2D eigenvalue weighted by Crippen LogP contribution is 2.58. The zero-order valence-corrected chi connectivity index (χ0v) is 26.1. The number of nitrogen functional groups attached to an aromatic ring is 1. The highest BCUT2D eigenvalue weighted by atomic mass is 31.2. The number of benzene rings is 1. The Morgan fingerprint density at radius 3 is 2.49 bits per heavy atom. The summed E-state index contributed by atoms with van der Waals surface area (Å²) in [6.07, 6.45) is -11.1. The van der Waals surface area contributed by atoms with Gasteiger partial charge in [0.25, 0.3) is 0 Å². The summed E-state index contributed by atoms with van der Waals surface area (Å²) in [6, 6.07) is 0. The third-order valence-electron chi connectivity index (χ3n) is 7.40. The number of ether oxygens (including phenoxy) is 3. The summed E-state index contributed by atoms with van der Waals surface area (Å²) in [7, 11) is -8.50. The molecule has 5 rings (SSSR count). The Morgan fingerprint density at radius 1 is 1.15 bits per heavy atom. The first-order valence-electron chi connectivity index (χ1n) is 13.4. The number of alkyl halides is 3. The molecule has 0 amide bonds. The van der Waals surface area contributed by atoms with Gasteiger partial charge in [-0.2, -0.15) is 13.2 Å². The Hall–Kier alpha value is -3.39. The number of methoxy groups -OCH3 is 1. The lowest BCUT2D eigenvalue weighted by atomic mass is 9.95. The Morgan fingerprint density at radius 2 is 1.83 bits per heavy atom. The largest absolute Gasteiger partial charge is 0.507 e. The summed E-state index contributed by atoms with van der Waals surface area (Å²) in [4.78, 5) is 42.9. The number of aliphatic hydroxyl groups is 2. The van der Waals surface area contributed by atoms with Crippen LogP contribution in [0.25, 0.3) is 11.2 Å². The number of aromatic hydroxyl groups is 1. The quantitative estimate of drug-likeness (QED) is 0.121. The number of phenols is 1. The van der Waals surface area contributed by atoms with Crippen molar-refractivity contribution in [1.29, 1.82) is 0 Å². The van der Waals surface area contributed by atoms with Gasteiger partial charge in [0.1, 0.15) is 47.5 Å². The van der Waals surface area contributed by atoms with Gasteiger partial charge in [-0.1, -0.05) is 0 Å². The zero-order chi connectivity index (χ0) is 34.6. The number of phenolic OH excluding ortho intramolecular Hbond substituents is 1. The van der Waals surface area contributed by atoms with Crippen molar-refractivity contribution in [2.75, 3.05) is 32.0 Å². The molecule has 0 radical (unpaired) electrons. The fourth-order valence-corrected chi connectivity index (χ4v) is 8.42. The van der Waals surface area contributed by atoms with E-state index in [4.69, 9.17) is 29.0 Å². The summed E-state index contributed by atoms with van der Waals surface area (Å²) in [5.41, 5.74) is 5.72. The van der Waals surface area contributed by atoms with E-state index >= 15 is 0 Å². The molecule has 3 aromatic rings. The van der Waals surface area contributed by atoms with Gasteiger partial charge in [-0.15, -0.1) is 0 Å². The molecule has 0 spiro atoms. The molecule has 2 aromatic heterocycles. The predicted molar refractivity (Wildman–Crippen MR) is 149 cm³/mol. The molecule has 1 fully saturated rings. The molecule has 2 aliphatic rings. The van der Waals surface area contributed by atoms with Crippen molar-refractivity contribution in [3.8, 4) is 11.5 Å². The average Bonchev–Trinajstić information content (AvgIpc) is 3.65. The van der Waals surface area contributed by atoms with E-state index in [-0.39, 0.29) is 35.4 Å². The van der Waals surface area contributed by atoms with Crippen LogP contribution in [0.4, 0.5) is 19.0 Å². The molecule has 1 saturated heterocycles. The maximum absolute atomic E-state index is 13.2. The fourth-order valence-electron chi connectivity index (χ4n) is 5.21. The van der Waals surface area contributed by atoms with E-state index in [0.717, 1.165) is 10.9 Å². The molecule has 2 aliphatic heterocycles. The molecule has 6 atom stereocenters. The molecule has 2 unspecified atom stereocenters. The van der Waals surface area contributed by atoms with Crippen molar-refractivity contribution in [3.63, 3.8) is 0 Å². The number of hydrogen-bond donors (Lipinski definition) is 6. The van der Waals surface area contributed by atoms with Gasteiger partial charge in [-0.05, 0) is 12.5 Å². The molecule has 258 valence electrons. The van der Waals surface area contributed by atoms with Gasteiger partial charge in [-0.25, -0.2) is 19.7 Å². The van der Waals surface area contributed by atoms with E-state index in [0.29, 0.717) is 11.1 Å². The van der Waals surface area contributed by atoms with Crippen LogP contribution >= 0.6 is 15.2 Å². The van der Waals surface area contributed by atoms with Gasteiger partial charge >= 0.3 is 27.3 Å². The molecule has 0 saturated carbocycles. The lowest BCUT2D eigenvalue weighted by molar-refractivity contribution is -0.144. The topological polar surface area (TPSA) is 268 Å². The second kappa shape index (κ2) is 12.6. The number of nitrogens with two attached hydrogens (primary N) is 1. The molecule has 18 nitrogen and oxygen atoms in total. The second-order valence-corrected chi connectivity index (χ2v) is 14.7. The molecular weight excluding hydrogens is 685 g/mol. The van der Waals surface area contributed by atoms with Gasteiger partial charge in [-0.3, -0.25) is 13.7 Å². The van der Waals surface area contributed by atoms with Crippen molar-refractivity contribution in [2.45, 2.75) is 50.7 Å². The summed E-state index contributed by atoms with van der Waals surface area (Å²) in [6.45, 7) is 0.0492. The van der Waals surface area contributed by atoms with Crippen LogP contribution in [-0.2, 0) is 46.9 Å². The second-order valence-electron chi connectivity index (χ2n) is 10.5. The van der Waals surface area contributed by atoms with Crippen molar-refractivity contribution < 1.29 is 75.5 Å². The van der Waals surface area contributed by atoms with E-state index in [1.807, 2.05) is 0 Å². The Kier molecular flexibility index (Phi) is 9.34. The summed E-state index contributed by atoms with van der Waals surface area (Å²) in [5.74, 6) is -4.68. The van der Waals surface area contributed by atoms with Crippen LogP contribution in [0, 0.1) is 6.92 Å². The van der Waals surface area contributed by atoms with Gasteiger partial charge in [0.2, 0.25) is 5.82 Å². The smallest absolute Gasteiger partial charge is 0.451 e. The van der Waals surface area contributed by atoms with Crippen molar-refractivity contribution in [3.05, 3.63) is 34.4 Å². The zero-order valence-electron chi connectivity index (χ0n) is 24.3. The van der Waals surface area contributed by atoms with E-state index < -0.39 is 94.0 Å². The third kappa shape index (κ3) is 6.81. The monoisotopic (exact) mass is 713 g/mol. The van der Waals surface area contributed by atoms with Crippen LogP contribution in [0.3, 0.4) is 0 Å². The number of carbonyl (C=O) groups excluding carboxylic acids is 1. The lowest BCUT2D eigenvalue weighted by Gasteiger charge is -2.20. The summed E-state index contributed by atoms with van der Waals surface area (Å²) < 4.78 is 91.5. The van der Waals surface area contributed by atoms with Gasteiger partial charge in [0.15, 0.2) is 23.6 Å². The number of aliphatic hydroxyl groups excluding tert-OH is 2. The highest BCUT2D eigenvalue weighted by molar-refractivity contribution is 7.70. The molecule has 23 heteroatoms. The van der Waals surface area contributed by atoms with Gasteiger partial charge in [0.05, 0.1) is 26.7 Å². The van der Waals surface area contributed by atoms with Crippen LogP contribution in [0.5, 0.6) is 11.5 Å². The van der Waals surface area contributed by atoms with E-state index in [1.54, 1.807) is 6.92 Å². The van der Waals surface area contributed by atoms with Gasteiger partial charge in [0, 0.05) is 17.5 Å².